The Labute approximate surface area is 217 Å². The van der Waals surface area contributed by atoms with Crippen LogP contribution in [0.4, 0.5) is 17.2 Å². The summed E-state index contributed by atoms with van der Waals surface area (Å²) in [6.45, 7) is 7.93. The van der Waals surface area contributed by atoms with Gasteiger partial charge < -0.3 is 20.9 Å². The maximum atomic E-state index is 11.8. The average Bonchev–Trinajstić information content (AvgIpc) is 3.80. The number of carbonyl (C=O) groups excluding carboxylic acids is 1. The lowest BCUT2D eigenvalue weighted by Crippen LogP contribution is -2.47. The fourth-order valence-electron chi connectivity index (χ4n) is 4.55. The van der Waals surface area contributed by atoms with Crippen molar-refractivity contribution in [3.8, 4) is 0 Å². The molecule has 1 saturated heterocycles. The Bertz CT molecular complexity index is 1290. The van der Waals surface area contributed by atoms with Gasteiger partial charge in [-0.1, -0.05) is 0 Å². The highest BCUT2D eigenvalue weighted by Gasteiger charge is 2.31. The van der Waals surface area contributed by atoms with Crippen LogP contribution in [0.1, 0.15) is 45.8 Å². The number of carbonyl (C=O) groups is 1. The fourth-order valence-corrected chi connectivity index (χ4v) is 4.55. The summed E-state index contributed by atoms with van der Waals surface area (Å²) in [5.41, 5.74) is 5.59. The van der Waals surface area contributed by atoms with E-state index in [1.54, 1.807) is 31.6 Å². The molecule has 0 spiro atoms. The first-order valence-electron chi connectivity index (χ1n) is 12.7. The average molecular weight is 497 g/mol. The van der Waals surface area contributed by atoms with Crippen LogP contribution in [0.2, 0.25) is 0 Å². The van der Waals surface area contributed by atoms with E-state index in [4.69, 9.17) is 4.99 Å². The predicted molar refractivity (Wildman–Crippen MR) is 147 cm³/mol. The summed E-state index contributed by atoms with van der Waals surface area (Å²) in [7, 11) is 1.62. The van der Waals surface area contributed by atoms with E-state index in [-0.39, 0.29) is 5.91 Å². The van der Waals surface area contributed by atoms with Crippen LogP contribution in [-0.4, -0.2) is 66.6 Å². The molecule has 9 heteroatoms. The van der Waals surface area contributed by atoms with Crippen molar-refractivity contribution in [2.24, 2.45) is 9.98 Å². The monoisotopic (exact) mass is 496 g/mol. The number of hydrogen-bond donors (Lipinski definition) is 3. The van der Waals surface area contributed by atoms with E-state index in [1.807, 2.05) is 30.5 Å². The number of nitrogens with zero attached hydrogens (tertiary/aromatic N) is 5. The van der Waals surface area contributed by atoms with Gasteiger partial charge in [-0.15, -0.1) is 0 Å². The number of piperazine rings is 1. The zero-order chi connectivity index (χ0) is 25.6. The van der Waals surface area contributed by atoms with E-state index in [9.17, 15) is 4.79 Å². The maximum Gasteiger partial charge on any atom is 0.251 e. The molecule has 3 heterocycles. The molecule has 0 radical (unpaired) electrons. The molecule has 0 atom stereocenters. The Morgan fingerprint density at radius 3 is 2.65 bits per heavy atom. The normalized spacial score (nSPS) is 15.8. The summed E-state index contributed by atoms with van der Waals surface area (Å²) in [5, 5.41) is 9.39. The summed E-state index contributed by atoms with van der Waals surface area (Å²) in [5.74, 6) is 2.09. The number of hydrogen-bond acceptors (Lipinski definition) is 7. The second-order valence-electron chi connectivity index (χ2n) is 9.26. The number of pyridine rings is 2. The second-order valence-corrected chi connectivity index (χ2v) is 9.26. The van der Waals surface area contributed by atoms with Gasteiger partial charge in [0, 0.05) is 62.4 Å². The third-order valence-corrected chi connectivity index (χ3v) is 6.67. The second kappa shape index (κ2) is 11.3. The topological polar surface area (TPSA) is 107 Å². The third-order valence-electron chi connectivity index (χ3n) is 6.67. The smallest absolute Gasteiger partial charge is 0.251 e. The Hall–Kier alpha value is -4.11. The van der Waals surface area contributed by atoms with Crippen molar-refractivity contribution >= 4 is 35.7 Å². The number of nitrogens with one attached hydrogen (secondary N) is 3. The zero-order valence-corrected chi connectivity index (χ0v) is 21.1. The lowest BCUT2D eigenvalue weighted by molar-refractivity contribution is 0.0963. The number of rotatable bonds is 8. The summed E-state index contributed by atoms with van der Waals surface area (Å²) < 4.78 is 0. The Morgan fingerprint density at radius 2 is 1.95 bits per heavy atom. The fraction of sp³-hybridized carbons (Fsp3) is 0.321. The molecule has 3 aromatic rings. The van der Waals surface area contributed by atoms with Gasteiger partial charge in [-0.2, -0.15) is 0 Å². The van der Waals surface area contributed by atoms with E-state index in [0.29, 0.717) is 18.0 Å². The molecule has 5 rings (SSSR count). The van der Waals surface area contributed by atoms with E-state index >= 15 is 0 Å². The lowest BCUT2D eigenvalue weighted by Gasteiger charge is -2.32. The molecule has 1 aliphatic heterocycles. The Morgan fingerprint density at radius 1 is 1.16 bits per heavy atom. The van der Waals surface area contributed by atoms with Crippen molar-refractivity contribution in [1.82, 2.24) is 25.5 Å². The van der Waals surface area contributed by atoms with Crippen molar-refractivity contribution in [2.75, 3.05) is 38.5 Å². The molecule has 1 aromatic carbocycles. The first-order chi connectivity index (χ1) is 18.2. The first-order valence-corrected chi connectivity index (χ1v) is 12.7. The molecule has 2 fully saturated rings. The van der Waals surface area contributed by atoms with E-state index < -0.39 is 0 Å². The largest absolute Gasteiger partial charge is 0.355 e. The van der Waals surface area contributed by atoms with Gasteiger partial charge in [-0.25, -0.2) is 4.98 Å². The van der Waals surface area contributed by atoms with Gasteiger partial charge in [0.1, 0.15) is 11.7 Å². The van der Waals surface area contributed by atoms with E-state index in [1.165, 1.54) is 18.4 Å². The molecule has 1 saturated carbocycles. The van der Waals surface area contributed by atoms with E-state index in [0.717, 1.165) is 60.3 Å². The summed E-state index contributed by atoms with van der Waals surface area (Å²) in [6.07, 6.45) is 7.90. The lowest BCUT2D eigenvalue weighted by atomic mass is 10.0. The molecule has 2 aromatic heterocycles. The molecule has 0 unspecified atom stereocenters. The highest BCUT2D eigenvalue weighted by atomic mass is 16.1. The van der Waals surface area contributed by atoms with Crippen molar-refractivity contribution in [3.05, 3.63) is 77.2 Å². The summed E-state index contributed by atoms with van der Waals surface area (Å²) in [6, 6.07) is 11.3. The van der Waals surface area contributed by atoms with Crippen molar-refractivity contribution in [1.29, 1.82) is 0 Å². The molecule has 0 bridgehead atoms. The number of amides is 1. The van der Waals surface area contributed by atoms with Crippen LogP contribution in [-0.2, 0) is 6.54 Å². The minimum absolute atomic E-state index is 0.112. The standard InChI is InChI=1S/C28H32N8O/c1-29-24-18-32-17-23(20-3-4-20)26(24)27(36-13-11-31-12-14-36)34-16-19-9-10-33-25(15-19)35-22-7-5-21(6-8-22)28(37)30-2/h5-10,15,17-18,20,31H,1,3-4,11-14,16H2,2H3,(H,30,37)(H,33,35)/b34-27+. The molecular weight excluding hydrogens is 464 g/mol. The molecule has 3 N–H and O–H groups in total. The molecule has 190 valence electrons. The van der Waals surface area contributed by atoms with Gasteiger partial charge in [-0.3, -0.25) is 19.8 Å². The van der Waals surface area contributed by atoms with Gasteiger partial charge in [0.2, 0.25) is 0 Å². The molecule has 1 amide bonds. The number of aliphatic imine (C=N–C) groups is 2. The van der Waals surface area contributed by atoms with Crippen molar-refractivity contribution in [3.63, 3.8) is 0 Å². The van der Waals surface area contributed by atoms with Crippen LogP contribution in [0.3, 0.4) is 0 Å². The highest BCUT2D eigenvalue weighted by molar-refractivity contribution is 6.04. The summed E-state index contributed by atoms with van der Waals surface area (Å²) >= 11 is 0. The van der Waals surface area contributed by atoms with E-state index in [2.05, 4.69) is 42.5 Å². The number of benzene rings is 1. The van der Waals surface area contributed by atoms with Crippen LogP contribution in [0.25, 0.3) is 0 Å². The van der Waals surface area contributed by atoms with Crippen LogP contribution < -0.4 is 16.0 Å². The molecule has 9 nitrogen and oxygen atoms in total. The van der Waals surface area contributed by atoms with Crippen LogP contribution in [0.5, 0.6) is 0 Å². The quantitative estimate of drug-likeness (QED) is 0.325. The highest BCUT2D eigenvalue weighted by Crippen LogP contribution is 2.43. The van der Waals surface area contributed by atoms with Crippen molar-refractivity contribution < 1.29 is 4.79 Å². The Balaban J connectivity index is 1.41. The maximum absolute atomic E-state index is 11.8. The molecule has 37 heavy (non-hydrogen) atoms. The SMILES string of the molecule is C=Nc1cncc(C2CC2)c1/C(=N\Cc1ccnc(Nc2ccc(C(=O)NC)cc2)c1)N1CCNCC1. The Kier molecular flexibility index (Phi) is 7.51. The first kappa shape index (κ1) is 24.6. The van der Waals surface area contributed by atoms with Crippen LogP contribution in [0, 0.1) is 0 Å². The minimum atomic E-state index is -0.112. The van der Waals surface area contributed by atoms with Crippen LogP contribution >= 0.6 is 0 Å². The number of aromatic nitrogens is 2. The van der Waals surface area contributed by atoms with Gasteiger partial charge in [-0.05, 0) is 73.0 Å². The molecule has 1 aliphatic carbocycles. The third kappa shape index (κ3) is 5.83. The zero-order valence-electron chi connectivity index (χ0n) is 21.1. The number of amidine groups is 1. The van der Waals surface area contributed by atoms with Crippen molar-refractivity contribution in [2.45, 2.75) is 25.3 Å². The van der Waals surface area contributed by atoms with Gasteiger partial charge in [0.05, 0.1) is 18.4 Å². The van der Waals surface area contributed by atoms with Gasteiger partial charge in [0.15, 0.2) is 0 Å². The van der Waals surface area contributed by atoms with Gasteiger partial charge in [0.25, 0.3) is 5.91 Å². The molecule has 2 aliphatic rings. The number of anilines is 2. The van der Waals surface area contributed by atoms with Gasteiger partial charge >= 0.3 is 0 Å². The predicted octanol–water partition coefficient (Wildman–Crippen LogP) is 3.64. The minimum Gasteiger partial charge on any atom is -0.355 e. The van der Waals surface area contributed by atoms with Crippen LogP contribution in [0.15, 0.2) is 65.0 Å². The molecular formula is C28H32N8O. The summed E-state index contributed by atoms with van der Waals surface area (Å²) in [4.78, 5) is 32.5.